The van der Waals surface area contributed by atoms with Crippen LogP contribution in [-0.4, -0.2) is 148 Å². The molecule has 0 bridgehead atoms. The standard InChI is InChI=1S/C24H40N8O4.C16H16ClNO3/c33-15-11-31(12-16-34)23-26-20-19(21(27-23)29-7-3-1-4-8-29)25-24(32(13-17-35)14-18-36)28-22(20)30-9-5-2-6-10-30;17-15-11-5-6-18-8-13(9-1-3-10(19)4-2-9)12(11)7-14(20)16(15)21/h33-36H,1-18H2;1-4,7,13,18-21H,5-6,8H2. The van der Waals surface area contributed by atoms with Crippen molar-refractivity contribution in [3.8, 4) is 17.2 Å². The Morgan fingerprint density at radius 2 is 1.14 bits per heavy atom. The zero-order chi connectivity index (χ0) is 40.3. The molecule has 1 unspecified atom stereocenters. The SMILES string of the molecule is OCCN(CCO)c1nc(N2CCCCC2)c2nc(N(CCO)CCO)nc(N3CCCCC3)c2n1.Oc1ccc(C2CNCCc3c2cc(O)c(O)c3Cl)cc1. The van der Waals surface area contributed by atoms with Crippen molar-refractivity contribution in [2.45, 2.75) is 50.9 Å². The number of aromatic nitrogens is 4. The molecule has 0 spiro atoms. The molecule has 3 aliphatic heterocycles. The van der Waals surface area contributed by atoms with Gasteiger partial charge in [0.25, 0.3) is 0 Å². The summed E-state index contributed by atoms with van der Waals surface area (Å²) >= 11 is 6.19. The van der Waals surface area contributed by atoms with Gasteiger partial charge in [-0.2, -0.15) is 9.97 Å². The maximum atomic E-state index is 9.86. The van der Waals surface area contributed by atoms with Crippen LogP contribution in [-0.2, 0) is 6.42 Å². The Labute approximate surface area is 338 Å². The van der Waals surface area contributed by atoms with Gasteiger partial charge in [-0.25, -0.2) is 9.97 Å². The summed E-state index contributed by atoms with van der Waals surface area (Å²) in [5.74, 6) is 2.10. The predicted molar refractivity (Wildman–Crippen MR) is 221 cm³/mol. The van der Waals surface area contributed by atoms with Crippen LogP contribution in [0.15, 0.2) is 30.3 Å². The molecule has 0 aliphatic carbocycles. The van der Waals surface area contributed by atoms with E-state index in [9.17, 15) is 35.7 Å². The van der Waals surface area contributed by atoms with Gasteiger partial charge in [-0.05, 0) is 86.4 Å². The second-order valence-corrected chi connectivity index (χ2v) is 15.0. The number of phenolic OH excluding ortho intramolecular Hbond substituents is 3. The topological polar surface area (TPSA) is 218 Å². The summed E-state index contributed by atoms with van der Waals surface area (Å²) in [5, 5.41) is 71.2. The summed E-state index contributed by atoms with van der Waals surface area (Å²) in [5.41, 5.74) is 4.09. The average Bonchev–Trinajstić information content (AvgIpc) is 3.45. The lowest BCUT2D eigenvalue weighted by atomic mass is 9.87. The number of halogens is 1. The molecule has 2 aromatic carbocycles. The Balaban J connectivity index is 0.000000221. The van der Waals surface area contributed by atoms with Gasteiger partial charge in [-0.15, -0.1) is 0 Å². The number of phenols is 3. The zero-order valence-corrected chi connectivity index (χ0v) is 33.2. The third-order valence-corrected chi connectivity index (χ3v) is 11.2. The van der Waals surface area contributed by atoms with Crippen LogP contribution in [0.2, 0.25) is 5.02 Å². The van der Waals surface area contributed by atoms with E-state index in [0.29, 0.717) is 62.1 Å². The number of piperidine rings is 2. The van der Waals surface area contributed by atoms with Gasteiger partial charge in [0.05, 0.1) is 31.5 Å². The quantitative estimate of drug-likeness (QED) is 0.0911. The molecule has 0 amide bonds. The second-order valence-electron chi connectivity index (χ2n) is 14.6. The van der Waals surface area contributed by atoms with Crippen LogP contribution in [0.4, 0.5) is 23.5 Å². The molecule has 1 atom stereocenters. The Kier molecular flexibility index (Phi) is 15.0. The van der Waals surface area contributed by atoms with E-state index < -0.39 is 0 Å². The first-order chi connectivity index (χ1) is 27.8. The van der Waals surface area contributed by atoms with E-state index in [-0.39, 0.29) is 54.6 Å². The monoisotopic (exact) mass is 809 g/mol. The van der Waals surface area contributed by atoms with Gasteiger partial charge >= 0.3 is 0 Å². The number of aromatic hydroxyl groups is 3. The molecule has 7 rings (SSSR count). The highest BCUT2D eigenvalue weighted by Gasteiger charge is 2.28. The normalized spacial score (nSPS) is 17.1. The molecule has 2 fully saturated rings. The smallest absolute Gasteiger partial charge is 0.228 e. The van der Waals surface area contributed by atoms with Crippen molar-refractivity contribution < 1.29 is 35.7 Å². The number of nitrogens with one attached hydrogen (secondary N) is 1. The molecule has 4 aromatic rings. The van der Waals surface area contributed by atoms with E-state index in [4.69, 9.17) is 31.5 Å². The maximum Gasteiger partial charge on any atom is 0.228 e. The third-order valence-electron chi connectivity index (χ3n) is 10.8. The summed E-state index contributed by atoms with van der Waals surface area (Å²) < 4.78 is 0. The van der Waals surface area contributed by atoms with Crippen molar-refractivity contribution in [3.05, 3.63) is 52.0 Å². The summed E-state index contributed by atoms with van der Waals surface area (Å²) in [6.45, 7) is 5.84. The molecule has 17 heteroatoms. The summed E-state index contributed by atoms with van der Waals surface area (Å²) in [4.78, 5) is 27.8. The van der Waals surface area contributed by atoms with Crippen LogP contribution >= 0.6 is 11.6 Å². The zero-order valence-electron chi connectivity index (χ0n) is 32.4. The molecule has 8 N–H and O–H groups in total. The van der Waals surface area contributed by atoms with Crippen molar-refractivity contribution in [3.63, 3.8) is 0 Å². The van der Waals surface area contributed by atoms with Crippen molar-refractivity contribution in [1.29, 1.82) is 0 Å². The highest BCUT2D eigenvalue weighted by atomic mass is 35.5. The number of nitrogens with zero attached hydrogens (tertiary/aromatic N) is 8. The van der Waals surface area contributed by atoms with Crippen LogP contribution in [0, 0.1) is 0 Å². The molecule has 2 saturated heterocycles. The summed E-state index contributed by atoms with van der Waals surface area (Å²) in [6, 6.07) is 8.58. The van der Waals surface area contributed by atoms with Gasteiger partial charge in [-0.3, -0.25) is 0 Å². The molecule has 3 aliphatic rings. The van der Waals surface area contributed by atoms with Crippen molar-refractivity contribution >= 4 is 46.2 Å². The predicted octanol–water partition coefficient (Wildman–Crippen LogP) is 2.72. The maximum absolute atomic E-state index is 9.86. The fourth-order valence-corrected chi connectivity index (χ4v) is 8.13. The van der Waals surface area contributed by atoms with Crippen LogP contribution in [0.5, 0.6) is 17.2 Å². The lowest BCUT2D eigenvalue weighted by Gasteiger charge is -2.33. The number of hydrogen-bond donors (Lipinski definition) is 8. The first kappa shape index (κ1) is 42.2. The number of rotatable bonds is 13. The molecule has 2 aromatic heterocycles. The molecular weight excluding hydrogens is 754 g/mol. The Morgan fingerprint density at radius 3 is 1.60 bits per heavy atom. The molecule has 16 nitrogen and oxygen atoms in total. The van der Waals surface area contributed by atoms with Gasteiger partial charge in [0.1, 0.15) is 16.8 Å². The molecule has 310 valence electrons. The first-order valence-electron chi connectivity index (χ1n) is 20.0. The van der Waals surface area contributed by atoms with Crippen LogP contribution in [0.1, 0.15) is 61.1 Å². The highest BCUT2D eigenvalue weighted by molar-refractivity contribution is 6.33. The molecule has 5 heterocycles. The second kappa shape index (κ2) is 20.3. The van der Waals surface area contributed by atoms with E-state index >= 15 is 0 Å². The highest BCUT2D eigenvalue weighted by Crippen LogP contribution is 2.43. The molecular formula is C40H56ClN9O7. The van der Waals surface area contributed by atoms with E-state index in [0.717, 1.165) is 86.7 Å². The third kappa shape index (κ3) is 9.99. The minimum atomic E-state index is -0.262. The number of aliphatic hydroxyl groups excluding tert-OH is 4. The van der Waals surface area contributed by atoms with Crippen LogP contribution in [0.3, 0.4) is 0 Å². The fraction of sp³-hybridized carbons (Fsp3) is 0.550. The summed E-state index contributed by atoms with van der Waals surface area (Å²) in [6.07, 6.45) is 7.30. The Bertz CT molecular complexity index is 1820. The number of fused-ring (bicyclic) bond motifs is 2. The van der Waals surface area contributed by atoms with Crippen molar-refractivity contribution in [2.24, 2.45) is 0 Å². The lowest BCUT2D eigenvalue weighted by Crippen LogP contribution is -2.36. The first-order valence-corrected chi connectivity index (χ1v) is 20.4. The van der Waals surface area contributed by atoms with Gasteiger partial charge in [-0.1, -0.05) is 23.7 Å². The van der Waals surface area contributed by atoms with E-state index in [2.05, 4.69) is 15.1 Å². The van der Waals surface area contributed by atoms with Gasteiger partial charge in [0.2, 0.25) is 11.9 Å². The fourth-order valence-electron chi connectivity index (χ4n) is 7.83. The van der Waals surface area contributed by atoms with Gasteiger partial charge < -0.3 is 60.7 Å². The Morgan fingerprint density at radius 1 is 0.667 bits per heavy atom. The lowest BCUT2D eigenvalue weighted by molar-refractivity contribution is 0.279. The van der Waals surface area contributed by atoms with Crippen LogP contribution in [0.25, 0.3) is 11.0 Å². The van der Waals surface area contributed by atoms with Crippen LogP contribution < -0.4 is 24.9 Å². The molecule has 0 saturated carbocycles. The number of benzene rings is 2. The van der Waals surface area contributed by atoms with Gasteiger partial charge in [0, 0.05) is 64.8 Å². The molecule has 57 heavy (non-hydrogen) atoms. The average molecular weight is 810 g/mol. The summed E-state index contributed by atoms with van der Waals surface area (Å²) in [7, 11) is 0. The Hall–Kier alpha value is -4.45. The van der Waals surface area contributed by atoms with Crippen molar-refractivity contribution in [2.75, 3.05) is 111 Å². The van der Waals surface area contributed by atoms with E-state index in [1.807, 2.05) is 12.1 Å². The minimum absolute atomic E-state index is 0.00657. The largest absolute Gasteiger partial charge is 0.508 e. The van der Waals surface area contributed by atoms with E-state index in [1.54, 1.807) is 28.0 Å². The number of aliphatic hydroxyl groups is 4. The number of hydrogen-bond acceptors (Lipinski definition) is 16. The van der Waals surface area contributed by atoms with Crippen molar-refractivity contribution in [1.82, 2.24) is 25.3 Å². The minimum Gasteiger partial charge on any atom is -0.508 e. The van der Waals surface area contributed by atoms with E-state index in [1.165, 1.54) is 12.8 Å². The van der Waals surface area contributed by atoms with Gasteiger partial charge in [0.15, 0.2) is 23.1 Å². The molecule has 0 radical (unpaired) electrons. The number of anilines is 4.